The van der Waals surface area contributed by atoms with Crippen molar-refractivity contribution in [1.82, 2.24) is 10.2 Å². The number of benzene rings is 2. The van der Waals surface area contributed by atoms with Gasteiger partial charge in [0.15, 0.2) is 0 Å². The van der Waals surface area contributed by atoms with E-state index in [4.69, 9.17) is 12.2 Å². The number of fused-ring (bicyclic) bond motifs is 2. The maximum atomic E-state index is 5.67. The maximum Gasteiger partial charge on any atom is 0.106 e. The summed E-state index contributed by atoms with van der Waals surface area (Å²) >= 11 is 7.52. The Morgan fingerprint density at radius 3 is 2.64 bits per heavy atom. The summed E-state index contributed by atoms with van der Waals surface area (Å²) in [4.78, 5) is 8.32. The van der Waals surface area contributed by atoms with Crippen molar-refractivity contribution in [3.63, 3.8) is 0 Å². The molecule has 0 aliphatic carbocycles. The minimum absolute atomic E-state index is 0.364. The predicted octanol–water partition coefficient (Wildman–Crippen LogP) is 5.69. The number of likely N-dealkylation sites (N-methyl/N-ethyl adjacent to an activating group) is 1. The molecule has 0 unspecified atom stereocenters. The molecule has 150 valence electrons. The van der Waals surface area contributed by atoms with Gasteiger partial charge in [-0.15, -0.1) is 0 Å². The zero-order valence-electron chi connectivity index (χ0n) is 17.4. The summed E-state index contributed by atoms with van der Waals surface area (Å²) in [6.07, 6.45) is 2.31. The lowest BCUT2D eigenvalue weighted by Crippen LogP contribution is -2.39. The molecule has 3 rings (SSSR count). The molecule has 0 amide bonds. The van der Waals surface area contributed by atoms with Crippen LogP contribution >= 0.6 is 24.0 Å². The monoisotopic (exact) mass is 413 g/mol. The second-order valence-corrected chi connectivity index (χ2v) is 8.93. The zero-order chi connectivity index (χ0) is 20.1. The fraction of sp³-hybridized carbons (Fsp3) is 0.435. The third-order valence-corrected chi connectivity index (χ3v) is 6.71. The van der Waals surface area contributed by atoms with Gasteiger partial charge in [0.1, 0.15) is 4.99 Å². The van der Waals surface area contributed by atoms with Crippen molar-refractivity contribution in [3.05, 3.63) is 48.0 Å². The van der Waals surface area contributed by atoms with Crippen molar-refractivity contribution in [2.75, 3.05) is 31.6 Å². The highest BCUT2D eigenvalue weighted by Gasteiger charge is 2.28. The van der Waals surface area contributed by atoms with Crippen LogP contribution in [0.4, 0.5) is 11.4 Å². The van der Waals surface area contributed by atoms with Gasteiger partial charge in [-0.1, -0.05) is 62.4 Å². The lowest BCUT2D eigenvalue weighted by molar-refractivity contribution is 0.332. The first-order chi connectivity index (χ1) is 13.5. The van der Waals surface area contributed by atoms with Gasteiger partial charge in [-0.2, -0.15) is 0 Å². The third-order valence-electron chi connectivity index (χ3n) is 5.20. The van der Waals surface area contributed by atoms with Gasteiger partial charge in [0.2, 0.25) is 0 Å². The Morgan fingerprint density at radius 1 is 1.14 bits per heavy atom. The average molecular weight is 414 g/mol. The summed E-state index contributed by atoms with van der Waals surface area (Å²) in [5.74, 6) is 0. The molecule has 0 spiro atoms. The summed E-state index contributed by atoms with van der Waals surface area (Å²) in [5, 5.41) is 3.41. The van der Waals surface area contributed by atoms with E-state index in [-0.39, 0.29) is 0 Å². The Bertz CT molecular complexity index is 821. The Labute approximate surface area is 179 Å². The van der Waals surface area contributed by atoms with Crippen molar-refractivity contribution < 1.29 is 0 Å². The first-order valence-electron chi connectivity index (χ1n) is 10.2. The van der Waals surface area contributed by atoms with E-state index in [0.29, 0.717) is 6.04 Å². The zero-order valence-corrected chi connectivity index (χ0v) is 19.0. The molecule has 0 bridgehead atoms. The number of unbranched alkanes of at least 4 members (excludes halogenated alkanes) is 1. The molecule has 3 nitrogen and oxygen atoms in total. The van der Waals surface area contributed by atoms with E-state index in [0.717, 1.165) is 36.6 Å². The molecule has 1 N–H and O–H groups in total. The first-order valence-corrected chi connectivity index (χ1v) is 11.4. The van der Waals surface area contributed by atoms with Crippen LogP contribution in [0.15, 0.2) is 52.3 Å². The van der Waals surface area contributed by atoms with Crippen LogP contribution in [-0.2, 0) is 0 Å². The minimum atomic E-state index is 0.364. The number of rotatable bonds is 8. The number of nitrogens with zero attached hydrogens (tertiary/aromatic N) is 2. The Kier molecular flexibility index (Phi) is 7.38. The molecule has 1 atom stereocenters. The number of para-hydroxylation sites is 1. The van der Waals surface area contributed by atoms with Crippen molar-refractivity contribution in [1.29, 1.82) is 0 Å². The number of hydrogen-bond acceptors (Lipinski definition) is 4. The summed E-state index contributed by atoms with van der Waals surface area (Å²) in [5.41, 5.74) is 3.66. The van der Waals surface area contributed by atoms with Gasteiger partial charge in [-0.3, -0.25) is 0 Å². The number of hydrogen-bond donors (Lipinski definition) is 1. The van der Waals surface area contributed by atoms with Gasteiger partial charge in [-0.05, 0) is 51.2 Å². The third kappa shape index (κ3) is 4.70. The highest BCUT2D eigenvalue weighted by molar-refractivity contribution is 7.99. The fourth-order valence-corrected chi connectivity index (χ4v) is 4.82. The molecular weight excluding hydrogens is 382 g/mol. The van der Waals surface area contributed by atoms with Crippen LogP contribution in [0.2, 0.25) is 0 Å². The fourth-order valence-electron chi connectivity index (χ4n) is 3.54. The molecule has 1 aliphatic rings. The number of nitrogens with one attached hydrogen (secondary N) is 1. The Balaban J connectivity index is 1.95. The van der Waals surface area contributed by atoms with Crippen molar-refractivity contribution in [2.24, 2.45) is 0 Å². The molecule has 2 aromatic rings. The molecule has 2 aromatic carbocycles. The molecule has 0 aromatic heterocycles. The molecule has 0 radical (unpaired) electrons. The molecular formula is C23H31N3S2. The van der Waals surface area contributed by atoms with Crippen molar-refractivity contribution >= 4 is 40.3 Å². The summed E-state index contributed by atoms with van der Waals surface area (Å²) in [6.45, 7) is 9.72. The van der Waals surface area contributed by atoms with E-state index in [2.05, 4.69) is 85.4 Å². The summed E-state index contributed by atoms with van der Waals surface area (Å²) in [6, 6.07) is 15.7. The molecule has 0 fully saturated rings. The Morgan fingerprint density at radius 2 is 1.89 bits per heavy atom. The van der Waals surface area contributed by atoms with Crippen LogP contribution < -0.4 is 10.2 Å². The second kappa shape index (κ2) is 9.77. The molecule has 0 saturated heterocycles. The van der Waals surface area contributed by atoms with Gasteiger partial charge in [-0.25, -0.2) is 0 Å². The molecule has 0 saturated carbocycles. The van der Waals surface area contributed by atoms with E-state index in [1.807, 2.05) is 11.8 Å². The van der Waals surface area contributed by atoms with Gasteiger partial charge in [0.25, 0.3) is 0 Å². The maximum absolute atomic E-state index is 5.67. The SMILES string of the molecule is CCCCNC(=S)c1ccc2c(c1)N([C@H](C)CN(C)CC)c1ccccc1S2. The van der Waals surface area contributed by atoms with E-state index in [1.165, 1.54) is 27.6 Å². The Hall–Kier alpha value is -1.56. The van der Waals surface area contributed by atoms with E-state index < -0.39 is 0 Å². The highest BCUT2D eigenvalue weighted by Crippen LogP contribution is 2.49. The molecule has 1 heterocycles. The molecule has 5 heteroatoms. The quantitative estimate of drug-likeness (QED) is 0.441. The van der Waals surface area contributed by atoms with Crippen LogP contribution in [0.3, 0.4) is 0 Å². The number of anilines is 2. The molecule has 28 heavy (non-hydrogen) atoms. The largest absolute Gasteiger partial charge is 0.376 e. The van der Waals surface area contributed by atoms with Crippen molar-refractivity contribution in [2.45, 2.75) is 49.4 Å². The normalized spacial score (nSPS) is 13.8. The smallest absolute Gasteiger partial charge is 0.106 e. The molecule has 1 aliphatic heterocycles. The van der Waals surface area contributed by atoms with Gasteiger partial charge in [0, 0.05) is 34.5 Å². The lowest BCUT2D eigenvalue weighted by atomic mass is 10.1. The lowest BCUT2D eigenvalue weighted by Gasteiger charge is -2.39. The van der Waals surface area contributed by atoms with Crippen LogP contribution in [0, 0.1) is 0 Å². The van der Waals surface area contributed by atoms with Gasteiger partial charge >= 0.3 is 0 Å². The van der Waals surface area contributed by atoms with Gasteiger partial charge in [0.05, 0.1) is 11.4 Å². The van der Waals surface area contributed by atoms with E-state index >= 15 is 0 Å². The summed E-state index contributed by atoms with van der Waals surface area (Å²) < 4.78 is 0. The predicted molar refractivity (Wildman–Crippen MR) is 126 cm³/mol. The van der Waals surface area contributed by atoms with E-state index in [1.54, 1.807) is 0 Å². The van der Waals surface area contributed by atoms with Crippen molar-refractivity contribution in [3.8, 4) is 0 Å². The minimum Gasteiger partial charge on any atom is -0.376 e. The van der Waals surface area contributed by atoms with Crippen LogP contribution in [0.1, 0.15) is 39.2 Å². The highest BCUT2D eigenvalue weighted by atomic mass is 32.2. The second-order valence-electron chi connectivity index (χ2n) is 7.44. The van der Waals surface area contributed by atoms with Crippen LogP contribution in [-0.4, -0.2) is 42.6 Å². The first kappa shape index (κ1) is 21.2. The topological polar surface area (TPSA) is 18.5 Å². The average Bonchev–Trinajstić information content (AvgIpc) is 2.71. The number of thiocarbonyl (C=S) groups is 1. The van der Waals surface area contributed by atoms with Gasteiger partial charge < -0.3 is 15.1 Å². The van der Waals surface area contributed by atoms with Crippen LogP contribution in [0.5, 0.6) is 0 Å². The van der Waals surface area contributed by atoms with Crippen LogP contribution in [0.25, 0.3) is 0 Å². The van der Waals surface area contributed by atoms with E-state index in [9.17, 15) is 0 Å². The summed E-state index contributed by atoms with van der Waals surface area (Å²) in [7, 11) is 2.19. The standard InChI is InChI=1S/C23H31N3S2/c1-5-7-14-24-23(27)18-12-13-22-20(15-18)26(17(3)16-25(4)6-2)19-10-8-9-11-21(19)28-22/h8-13,15,17H,5-7,14,16H2,1-4H3,(H,24,27)/t17-/m1/s1.